The first-order chi connectivity index (χ1) is 19.9. The predicted molar refractivity (Wildman–Crippen MR) is 161 cm³/mol. The highest BCUT2D eigenvalue weighted by Gasteiger charge is 2.30. The summed E-state index contributed by atoms with van der Waals surface area (Å²) in [6.45, 7) is 5.80. The number of aromatic nitrogens is 2. The van der Waals surface area contributed by atoms with Crippen molar-refractivity contribution in [1.29, 1.82) is 0 Å². The number of nitrogens with zero attached hydrogens (tertiary/aromatic N) is 1. The SMILES string of the molecule is COc1cc(NC(=O)Cc2cccc(NC(=O)c3c(-c4cc(F)ccc4Cl)n[nH]c3C(C)(C)C)c2)cc(OC)c1OC. The summed E-state index contributed by atoms with van der Waals surface area (Å²) in [6.07, 6.45) is 0.0312. The van der Waals surface area contributed by atoms with Gasteiger partial charge in [-0.2, -0.15) is 5.10 Å². The van der Waals surface area contributed by atoms with Crippen LogP contribution < -0.4 is 24.8 Å². The van der Waals surface area contributed by atoms with Crippen molar-refractivity contribution < 1.29 is 28.2 Å². The summed E-state index contributed by atoms with van der Waals surface area (Å²) < 4.78 is 30.1. The molecule has 1 heterocycles. The molecule has 0 radical (unpaired) electrons. The Bertz CT molecular complexity index is 1610. The van der Waals surface area contributed by atoms with Gasteiger partial charge >= 0.3 is 0 Å². The Labute approximate surface area is 248 Å². The molecule has 9 nitrogen and oxygen atoms in total. The Morgan fingerprint density at radius 3 is 2.24 bits per heavy atom. The summed E-state index contributed by atoms with van der Waals surface area (Å²) in [5, 5.41) is 13.3. The van der Waals surface area contributed by atoms with Gasteiger partial charge in [0.1, 0.15) is 11.5 Å². The fraction of sp³-hybridized carbons (Fsp3) is 0.258. The first kappa shape index (κ1) is 30.4. The molecule has 2 amide bonds. The number of hydrogen-bond acceptors (Lipinski definition) is 6. The third kappa shape index (κ3) is 6.66. The van der Waals surface area contributed by atoms with E-state index in [1.54, 1.807) is 36.4 Å². The van der Waals surface area contributed by atoms with Gasteiger partial charge in [0.15, 0.2) is 11.5 Å². The predicted octanol–water partition coefficient (Wildman–Crippen LogP) is 6.63. The van der Waals surface area contributed by atoms with E-state index in [1.807, 2.05) is 20.8 Å². The minimum atomic E-state index is -0.501. The number of methoxy groups -OCH3 is 3. The van der Waals surface area contributed by atoms with Crippen LogP contribution in [0, 0.1) is 5.82 Å². The highest BCUT2D eigenvalue weighted by atomic mass is 35.5. The lowest BCUT2D eigenvalue weighted by Crippen LogP contribution is -2.21. The maximum absolute atomic E-state index is 14.1. The molecule has 0 aliphatic heterocycles. The number of carbonyl (C=O) groups is 2. The summed E-state index contributed by atoms with van der Waals surface area (Å²) in [5.74, 6) is -0.0204. The normalized spacial score (nSPS) is 11.1. The quantitative estimate of drug-likeness (QED) is 0.200. The topological polar surface area (TPSA) is 115 Å². The standard InChI is InChI=1S/C31H32ClFN4O5/c1-31(2,3)29-26(27(36-37-29)21-14-18(33)10-11-22(21)32)30(39)35-19-9-7-8-17(12-19)13-25(38)34-20-15-23(40-4)28(42-6)24(16-20)41-5/h7-12,14-16H,13H2,1-6H3,(H,34,38)(H,35,39)(H,36,37). The number of ether oxygens (including phenoxy) is 3. The van der Waals surface area contributed by atoms with E-state index in [-0.39, 0.29) is 28.6 Å². The lowest BCUT2D eigenvalue weighted by atomic mass is 9.87. The van der Waals surface area contributed by atoms with Gasteiger partial charge < -0.3 is 24.8 Å². The summed E-state index contributed by atoms with van der Waals surface area (Å²) >= 11 is 6.36. The van der Waals surface area contributed by atoms with Crippen molar-refractivity contribution >= 4 is 34.8 Å². The number of rotatable bonds is 9. The van der Waals surface area contributed by atoms with Crippen molar-refractivity contribution in [2.45, 2.75) is 32.6 Å². The third-order valence-corrected chi connectivity index (χ3v) is 6.75. The highest BCUT2D eigenvalue weighted by Crippen LogP contribution is 2.40. The van der Waals surface area contributed by atoms with Crippen LogP contribution in [0.25, 0.3) is 11.3 Å². The maximum Gasteiger partial charge on any atom is 0.259 e. The fourth-order valence-corrected chi connectivity index (χ4v) is 4.68. The Morgan fingerprint density at radius 2 is 1.62 bits per heavy atom. The van der Waals surface area contributed by atoms with Crippen molar-refractivity contribution in [3.05, 3.63) is 82.3 Å². The minimum Gasteiger partial charge on any atom is -0.493 e. The zero-order valence-corrected chi connectivity index (χ0v) is 24.9. The van der Waals surface area contributed by atoms with Crippen molar-refractivity contribution in [1.82, 2.24) is 10.2 Å². The van der Waals surface area contributed by atoms with Crippen LogP contribution in [0.3, 0.4) is 0 Å². The summed E-state index contributed by atoms with van der Waals surface area (Å²) in [5.41, 5.74) is 2.47. The van der Waals surface area contributed by atoms with Crippen LogP contribution in [0.5, 0.6) is 17.2 Å². The first-order valence-corrected chi connectivity index (χ1v) is 13.4. The molecule has 1 aromatic heterocycles. The first-order valence-electron chi connectivity index (χ1n) is 13.0. The van der Waals surface area contributed by atoms with Crippen LogP contribution in [-0.4, -0.2) is 43.3 Å². The molecule has 3 N–H and O–H groups in total. The Morgan fingerprint density at radius 1 is 0.929 bits per heavy atom. The Hall–Kier alpha value is -4.57. The largest absolute Gasteiger partial charge is 0.493 e. The molecule has 0 atom stereocenters. The average molecular weight is 595 g/mol. The fourth-order valence-electron chi connectivity index (χ4n) is 4.48. The molecule has 0 saturated carbocycles. The van der Waals surface area contributed by atoms with Gasteiger partial charge in [-0.05, 0) is 35.9 Å². The third-order valence-electron chi connectivity index (χ3n) is 6.42. The van der Waals surface area contributed by atoms with Gasteiger partial charge in [0, 0.05) is 34.5 Å². The summed E-state index contributed by atoms with van der Waals surface area (Å²) in [4.78, 5) is 26.6. The van der Waals surface area contributed by atoms with E-state index in [2.05, 4.69) is 20.8 Å². The number of H-pyrrole nitrogens is 1. The lowest BCUT2D eigenvalue weighted by Gasteiger charge is -2.19. The minimum absolute atomic E-state index is 0.0312. The van der Waals surface area contributed by atoms with E-state index in [0.717, 1.165) is 0 Å². The summed E-state index contributed by atoms with van der Waals surface area (Å²) in [7, 11) is 4.48. The van der Waals surface area contributed by atoms with E-state index < -0.39 is 17.1 Å². The molecule has 0 aliphatic carbocycles. The number of halogens is 2. The van der Waals surface area contributed by atoms with Crippen LogP contribution in [0.2, 0.25) is 5.02 Å². The molecule has 0 unspecified atom stereocenters. The molecule has 11 heteroatoms. The zero-order valence-electron chi connectivity index (χ0n) is 24.1. The van der Waals surface area contributed by atoms with Crippen LogP contribution in [0.1, 0.15) is 42.4 Å². The number of benzene rings is 3. The molecule has 42 heavy (non-hydrogen) atoms. The number of anilines is 2. The highest BCUT2D eigenvalue weighted by molar-refractivity contribution is 6.33. The number of amides is 2. The molecule has 4 rings (SSSR count). The van der Waals surface area contributed by atoms with E-state index in [9.17, 15) is 14.0 Å². The van der Waals surface area contributed by atoms with Gasteiger partial charge in [0.25, 0.3) is 5.91 Å². The molecule has 0 bridgehead atoms. The number of carbonyl (C=O) groups excluding carboxylic acids is 2. The second kappa shape index (κ2) is 12.5. The summed E-state index contributed by atoms with van der Waals surface area (Å²) in [6, 6.07) is 14.1. The molecule has 4 aromatic rings. The second-order valence-corrected chi connectivity index (χ2v) is 10.9. The molecule has 0 aliphatic rings. The number of aromatic amines is 1. The molecule has 220 valence electrons. The monoisotopic (exact) mass is 594 g/mol. The van der Waals surface area contributed by atoms with Gasteiger partial charge in [-0.25, -0.2) is 4.39 Å². The number of nitrogens with one attached hydrogen (secondary N) is 3. The Kier molecular flexibility index (Phi) is 9.06. The van der Waals surface area contributed by atoms with E-state index in [1.165, 1.54) is 39.5 Å². The zero-order chi connectivity index (χ0) is 30.6. The molecule has 3 aromatic carbocycles. The average Bonchev–Trinajstić information content (AvgIpc) is 3.40. The molecular weight excluding hydrogens is 563 g/mol. The van der Waals surface area contributed by atoms with Gasteiger partial charge in [-0.15, -0.1) is 0 Å². The molecular formula is C31H32ClFN4O5. The van der Waals surface area contributed by atoms with Gasteiger partial charge in [0.2, 0.25) is 11.7 Å². The van der Waals surface area contributed by atoms with Crippen molar-refractivity contribution in [2.75, 3.05) is 32.0 Å². The molecule has 0 spiro atoms. The van der Waals surface area contributed by atoms with Gasteiger partial charge in [-0.1, -0.05) is 44.5 Å². The van der Waals surface area contributed by atoms with Crippen molar-refractivity contribution in [3.63, 3.8) is 0 Å². The van der Waals surface area contributed by atoms with E-state index in [4.69, 9.17) is 25.8 Å². The van der Waals surface area contributed by atoms with Crippen LogP contribution in [0.15, 0.2) is 54.6 Å². The smallest absolute Gasteiger partial charge is 0.259 e. The van der Waals surface area contributed by atoms with E-state index in [0.29, 0.717) is 45.4 Å². The van der Waals surface area contributed by atoms with Crippen molar-refractivity contribution in [2.24, 2.45) is 0 Å². The Balaban J connectivity index is 1.56. The number of hydrogen-bond donors (Lipinski definition) is 3. The van der Waals surface area contributed by atoms with Crippen LogP contribution in [-0.2, 0) is 16.6 Å². The van der Waals surface area contributed by atoms with Crippen LogP contribution >= 0.6 is 11.6 Å². The second-order valence-electron chi connectivity index (χ2n) is 10.5. The van der Waals surface area contributed by atoms with Crippen molar-refractivity contribution in [3.8, 4) is 28.5 Å². The molecule has 0 fully saturated rings. The van der Waals surface area contributed by atoms with E-state index >= 15 is 0 Å². The van der Waals surface area contributed by atoms with Crippen LogP contribution in [0.4, 0.5) is 15.8 Å². The van der Waals surface area contributed by atoms with Gasteiger partial charge in [-0.3, -0.25) is 14.7 Å². The maximum atomic E-state index is 14.1. The molecule has 0 saturated heterocycles. The van der Waals surface area contributed by atoms with Gasteiger partial charge in [0.05, 0.1) is 44.0 Å². The lowest BCUT2D eigenvalue weighted by molar-refractivity contribution is -0.115.